The maximum absolute atomic E-state index is 5.54. The second-order valence-corrected chi connectivity index (χ2v) is 5.99. The lowest BCUT2D eigenvalue weighted by Gasteiger charge is -2.13. The molecule has 0 aliphatic heterocycles. The molecule has 0 fully saturated rings. The van der Waals surface area contributed by atoms with E-state index in [9.17, 15) is 0 Å². The lowest BCUT2D eigenvalue weighted by atomic mass is 10.0. The van der Waals surface area contributed by atoms with E-state index in [1.165, 1.54) is 5.56 Å². The molecule has 0 saturated carbocycles. The molecule has 1 N–H and O–H groups in total. The number of fused-ring (bicyclic) bond motifs is 1. The first-order chi connectivity index (χ1) is 12.3. The van der Waals surface area contributed by atoms with Gasteiger partial charge in [-0.2, -0.15) is 0 Å². The van der Waals surface area contributed by atoms with E-state index < -0.39 is 0 Å². The number of hydrogen-bond donors (Lipinski definition) is 1. The Morgan fingerprint density at radius 2 is 1.68 bits per heavy atom. The summed E-state index contributed by atoms with van der Waals surface area (Å²) in [5.74, 6) is 1.02. The quantitative estimate of drug-likeness (QED) is 0.583. The minimum absolute atomic E-state index is 0.350. The first kappa shape index (κ1) is 15.3. The average Bonchev–Trinajstić information content (AvgIpc) is 3.12. The molecule has 124 valence electrons. The van der Waals surface area contributed by atoms with Crippen molar-refractivity contribution in [1.29, 1.82) is 0 Å². The molecule has 0 bridgehead atoms. The maximum atomic E-state index is 5.54. The Morgan fingerprint density at radius 1 is 0.960 bits per heavy atom. The van der Waals surface area contributed by atoms with Crippen LogP contribution in [0.2, 0.25) is 0 Å². The van der Waals surface area contributed by atoms with Gasteiger partial charge in [0.25, 0.3) is 0 Å². The Morgan fingerprint density at radius 3 is 2.44 bits per heavy atom. The Bertz CT molecular complexity index is 967. The average molecular weight is 330 g/mol. The van der Waals surface area contributed by atoms with Gasteiger partial charge in [-0.15, -0.1) is 0 Å². The Kier molecular flexibility index (Phi) is 4.12. The van der Waals surface area contributed by atoms with Gasteiger partial charge in [-0.1, -0.05) is 72.7 Å². The molecule has 2 aromatic heterocycles. The third kappa shape index (κ3) is 3.08. The predicted molar refractivity (Wildman–Crippen MR) is 98.4 cm³/mol. The van der Waals surface area contributed by atoms with Gasteiger partial charge >= 0.3 is 0 Å². The van der Waals surface area contributed by atoms with Crippen LogP contribution >= 0.6 is 0 Å². The fraction of sp³-hybridized carbons (Fsp3) is 0.150. The van der Waals surface area contributed by atoms with Crippen LogP contribution in [0.25, 0.3) is 22.4 Å². The summed E-state index contributed by atoms with van der Waals surface area (Å²) < 4.78 is 5.54. The van der Waals surface area contributed by atoms with Crippen LogP contribution in [-0.2, 0) is 0 Å². The SMILES string of the molecule is C[C@@H](CNc1ncnc2c(-c3ccccc3)noc12)c1ccccc1. The smallest absolute Gasteiger partial charge is 0.228 e. The molecule has 0 amide bonds. The molecular weight excluding hydrogens is 312 g/mol. The molecule has 0 spiro atoms. The second-order valence-electron chi connectivity index (χ2n) is 5.99. The van der Waals surface area contributed by atoms with Crippen LogP contribution in [0.4, 0.5) is 5.82 Å². The number of hydrogen-bond acceptors (Lipinski definition) is 5. The molecule has 0 saturated heterocycles. The van der Waals surface area contributed by atoms with Crippen molar-refractivity contribution in [2.45, 2.75) is 12.8 Å². The van der Waals surface area contributed by atoms with Crippen LogP contribution < -0.4 is 5.32 Å². The zero-order valence-electron chi connectivity index (χ0n) is 13.9. The summed E-state index contributed by atoms with van der Waals surface area (Å²) in [4.78, 5) is 8.68. The van der Waals surface area contributed by atoms with Crippen LogP contribution in [0, 0.1) is 0 Å². The van der Waals surface area contributed by atoms with Gasteiger partial charge in [0.05, 0.1) is 0 Å². The summed E-state index contributed by atoms with van der Waals surface area (Å²) in [5.41, 5.74) is 4.29. The summed E-state index contributed by atoms with van der Waals surface area (Å²) in [5, 5.41) is 7.56. The lowest BCUT2D eigenvalue weighted by molar-refractivity contribution is 0.459. The van der Waals surface area contributed by atoms with Gasteiger partial charge in [-0.05, 0) is 11.5 Å². The van der Waals surface area contributed by atoms with Gasteiger partial charge in [0.1, 0.15) is 17.5 Å². The minimum Gasteiger partial charge on any atom is -0.366 e. The topological polar surface area (TPSA) is 63.8 Å². The highest BCUT2D eigenvalue weighted by atomic mass is 16.5. The third-order valence-corrected chi connectivity index (χ3v) is 4.25. The van der Waals surface area contributed by atoms with Crippen LogP contribution in [0.5, 0.6) is 0 Å². The zero-order chi connectivity index (χ0) is 17.1. The van der Waals surface area contributed by atoms with E-state index in [-0.39, 0.29) is 0 Å². The van der Waals surface area contributed by atoms with E-state index in [1.807, 2.05) is 36.4 Å². The van der Waals surface area contributed by atoms with Crippen molar-refractivity contribution in [3.63, 3.8) is 0 Å². The van der Waals surface area contributed by atoms with Gasteiger partial charge in [0.2, 0.25) is 5.58 Å². The largest absolute Gasteiger partial charge is 0.366 e. The van der Waals surface area contributed by atoms with E-state index in [1.54, 1.807) is 6.33 Å². The van der Waals surface area contributed by atoms with Crippen LogP contribution in [-0.4, -0.2) is 21.7 Å². The lowest BCUT2D eigenvalue weighted by Crippen LogP contribution is -2.11. The Balaban J connectivity index is 1.60. The monoisotopic (exact) mass is 330 g/mol. The summed E-state index contributed by atoms with van der Waals surface area (Å²) in [6.07, 6.45) is 1.54. The third-order valence-electron chi connectivity index (χ3n) is 4.25. The molecule has 1 atom stereocenters. The highest BCUT2D eigenvalue weighted by Gasteiger charge is 2.16. The fourth-order valence-electron chi connectivity index (χ4n) is 2.82. The van der Waals surface area contributed by atoms with Crippen molar-refractivity contribution < 1.29 is 4.52 Å². The molecule has 0 aliphatic carbocycles. The first-order valence-corrected chi connectivity index (χ1v) is 8.27. The van der Waals surface area contributed by atoms with Crippen LogP contribution in [0.1, 0.15) is 18.4 Å². The highest BCUT2D eigenvalue weighted by Crippen LogP contribution is 2.29. The molecular formula is C20H18N4O. The summed E-state index contributed by atoms with van der Waals surface area (Å²) in [7, 11) is 0. The van der Waals surface area contributed by atoms with Gasteiger partial charge in [-0.25, -0.2) is 9.97 Å². The molecule has 25 heavy (non-hydrogen) atoms. The molecule has 5 nitrogen and oxygen atoms in total. The number of benzene rings is 2. The maximum Gasteiger partial charge on any atom is 0.228 e. The van der Waals surface area contributed by atoms with Crippen molar-refractivity contribution in [1.82, 2.24) is 15.1 Å². The highest BCUT2D eigenvalue weighted by molar-refractivity contribution is 5.93. The van der Waals surface area contributed by atoms with E-state index in [0.717, 1.165) is 23.3 Å². The van der Waals surface area contributed by atoms with E-state index in [2.05, 4.69) is 51.6 Å². The fourth-order valence-corrected chi connectivity index (χ4v) is 2.82. The number of rotatable bonds is 5. The number of nitrogens with zero attached hydrogens (tertiary/aromatic N) is 3. The van der Waals surface area contributed by atoms with Crippen molar-refractivity contribution in [2.75, 3.05) is 11.9 Å². The molecule has 4 rings (SSSR count). The molecule has 0 unspecified atom stereocenters. The van der Waals surface area contributed by atoms with Crippen molar-refractivity contribution >= 4 is 16.9 Å². The van der Waals surface area contributed by atoms with E-state index in [0.29, 0.717) is 17.3 Å². The van der Waals surface area contributed by atoms with Gasteiger partial charge in [0, 0.05) is 12.1 Å². The summed E-state index contributed by atoms with van der Waals surface area (Å²) in [6, 6.07) is 20.3. The Hall–Kier alpha value is -3.21. The molecule has 5 heteroatoms. The van der Waals surface area contributed by atoms with Gasteiger partial charge in [0.15, 0.2) is 5.82 Å². The first-order valence-electron chi connectivity index (χ1n) is 8.27. The van der Waals surface area contributed by atoms with E-state index >= 15 is 0 Å². The molecule has 0 aliphatic rings. The van der Waals surface area contributed by atoms with Crippen LogP contribution in [0.15, 0.2) is 71.5 Å². The van der Waals surface area contributed by atoms with Crippen molar-refractivity contribution in [3.8, 4) is 11.3 Å². The normalized spacial score (nSPS) is 12.2. The number of aromatic nitrogens is 3. The number of nitrogens with one attached hydrogen (secondary N) is 1. The second kappa shape index (κ2) is 6.73. The van der Waals surface area contributed by atoms with Crippen LogP contribution in [0.3, 0.4) is 0 Å². The standard InChI is InChI=1S/C20H18N4O/c1-14(15-8-4-2-5-9-15)12-21-20-19-18(22-13-23-20)17(24-25-19)16-10-6-3-7-11-16/h2-11,13-14H,12H2,1H3,(H,21,22,23)/t14-/m0/s1. The van der Waals surface area contributed by atoms with Gasteiger partial charge in [-0.3, -0.25) is 0 Å². The molecule has 4 aromatic rings. The molecule has 2 heterocycles. The predicted octanol–water partition coefficient (Wildman–Crippen LogP) is 4.50. The van der Waals surface area contributed by atoms with E-state index in [4.69, 9.17) is 4.52 Å². The van der Waals surface area contributed by atoms with Crippen molar-refractivity contribution in [2.24, 2.45) is 0 Å². The summed E-state index contributed by atoms with van der Waals surface area (Å²) in [6.45, 7) is 2.92. The van der Waals surface area contributed by atoms with Gasteiger partial charge < -0.3 is 9.84 Å². The van der Waals surface area contributed by atoms with Crippen molar-refractivity contribution in [3.05, 3.63) is 72.6 Å². The Labute approximate surface area is 145 Å². The molecule has 0 radical (unpaired) electrons. The summed E-state index contributed by atoms with van der Waals surface area (Å²) >= 11 is 0. The zero-order valence-corrected chi connectivity index (χ0v) is 13.9. The number of anilines is 1. The molecule has 2 aromatic carbocycles. The minimum atomic E-state index is 0.350.